The van der Waals surface area contributed by atoms with Gasteiger partial charge in [0.2, 0.25) is 0 Å². The van der Waals surface area contributed by atoms with Crippen LogP contribution in [0.1, 0.15) is 12.0 Å². The molecule has 0 aromatic heterocycles. The van der Waals surface area contributed by atoms with E-state index in [2.05, 4.69) is 27.8 Å². The molecule has 0 heterocycles. The van der Waals surface area contributed by atoms with Gasteiger partial charge in [-0.15, -0.1) is 6.58 Å². The van der Waals surface area contributed by atoms with E-state index in [1.807, 2.05) is 6.08 Å². The molecule has 2 nitrogen and oxygen atoms in total. The Balaban J connectivity index is 2.17. The molecule has 0 saturated carbocycles. The second-order valence-corrected chi connectivity index (χ2v) is 4.52. The summed E-state index contributed by atoms with van der Waals surface area (Å²) in [7, 11) is 0. The van der Waals surface area contributed by atoms with Crippen LogP contribution in [-0.2, 0) is 11.3 Å². The van der Waals surface area contributed by atoms with Crippen molar-refractivity contribution >= 4 is 15.9 Å². The maximum atomic E-state index is 13.3. The van der Waals surface area contributed by atoms with Crippen LogP contribution in [0.5, 0.6) is 0 Å². The summed E-state index contributed by atoms with van der Waals surface area (Å²) in [4.78, 5) is 0. The minimum absolute atomic E-state index is 0.187. The Bertz CT molecular complexity index is 357. The smallest absolute Gasteiger partial charge is 0.127 e. The first kappa shape index (κ1) is 14.4. The van der Waals surface area contributed by atoms with Gasteiger partial charge in [-0.3, -0.25) is 0 Å². The molecule has 0 aliphatic rings. The molecule has 4 heteroatoms. The van der Waals surface area contributed by atoms with Crippen molar-refractivity contribution in [3.05, 3.63) is 46.7 Å². The third-order valence-corrected chi connectivity index (χ3v) is 2.71. The van der Waals surface area contributed by atoms with Crippen LogP contribution in [0, 0.1) is 5.82 Å². The van der Waals surface area contributed by atoms with Crippen LogP contribution >= 0.6 is 15.9 Å². The first-order chi connectivity index (χ1) is 8.24. The molecular weight excluding hydrogens is 285 g/mol. The lowest BCUT2D eigenvalue weighted by molar-refractivity contribution is 0.140. The van der Waals surface area contributed by atoms with Crippen molar-refractivity contribution in [1.82, 2.24) is 5.32 Å². The van der Waals surface area contributed by atoms with Crippen molar-refractivity contribution in [2.75, 3.05) is 19.8 Å². The van der Waals surface area contributed by atoms with E-state index in [9.17, 15) is 4.39 Å². The first-order valence-corrected chi connectivity index (χ1v) is 6.36. The molecule has 1 rings (SSSR count). The highest BCUT2D eigenvalue weighted by Crippen LogP contribution is 2.15. The van der Waals surface area contributed by atoms with Gasteiger partial charge >= 0.3 is 0 Å². The van der Waals surface area contributed by atoms with Crippen molar-refractivity contribution < 1.29 is 9.13 Å². The predicted molar refractivity (Wildman–Crippen MR) is 71.4 cm³/mol. The van der Waals surface area contributed by atoms with E-state index >= 15 is 0 Å². The number of benzene rings is 1. The number of nitrogens with one attached hydrogen (secondary N) is 1. The van der Waals surface area contributed by atoms with Gasteiger partial charge in [0.15, 0.2) is 0 Å². The quantitative estimate of drug-likeness (QED) is 0.588. The molecule has 0 amide bonds. The number of hydrogen-bond donors (Lipinski definition) is 1. The summed E-state index contributed by atoms with van der Waals surface area (Å²) in [6.07, 6.45) is 2.69. The number of halogens is 2. The van der Waals surface area contributed by atoms with E-state index in [1.54, 1.807) is 12.1 Å². The molecule has 1 aromatic rings. The molecule has 94 valence electrons. The molecule has 17 heavy (non-hydrogen) atoms. The molecule has 0 fully saturated rings. The van der Waals surface area contributed by atoms with Gasteiger partial charge in [-0.2, -0.15) is 0 Å². The molecule has 0 spiro atoms. The van der Waals surface area contributed by atoms with Crippen LogP contribution in [0.4, 0.5) is 4.39 Å². The fraction of sp³-hybridized carbons (Fsp3) is 0.385. The summed E-state index contributed by atoms with van der Waals surface area (Å²) in [5.41, 5.74) is 0.658. The van der Waals surface area contributed by atoms with Crippen LogP contribution in [0.2, 0.25) is 0 Å². The summed E-state index contributed by atoms with van der Waals surface area (Å²) in [5, 5.41) is 3.13. The highest BCUT2D eigenvalue weighted by molar-refractivity contribution is 9.10. The molecule has 0 bridgehead atoms. The molecule has 0 atom stereocenters. The van der Waals surface area contributed by atoms with Gasteiger partial charge in [0.25, 0.3) is 0 Å². The predicted octanol–water partition coefficient (Wildman–Crippen LogP) is 3.27. The lowest BCUT2D eigenvalue weighted by atomic mass is 10.2. The van der Waals surface area contributed by atoms with Gasteiger partial charge in [-0.1, -0.05) is 22.0 Å². The van der Waals surface area contributed by atoms with Crippen molar-refractivity contribution in [3.8, 4) is 0 Å². The molecule has 0 radical (unpaired) electrons. The summed E-state index contributed by atoms with van der Waals surface area (Å²) in [5.74, 6) is -0.187. The van der Waals surface area contributed by atoms with E-state index in [4.69, 9.17) is 4.74 Å². The highest BCUT2D eigenvalue weighted by atomic mass is 79.9. The summed E-state index contributed by atoms with van der Waals surface area (Å²) in [6, 6.07) is 4.93. The van der Waals surface area contributed by atoms with E-state index in [1.165, 1.54) is 6.07 Å². The van der Waals surface area contributed by atoms with Crippen LogP contribution < -0.4 is 5.32 Å². The minimum Gasteiger partial charge on any atom is -0.380 e. The van der Waals surface area contributed by atoms with Gasteiger partial charge in [-0.05, 0) is 24.6 Å². The zero-order chi connectivity index (χ0) is 12.5. The molecule has 0 aliphatic carbocycles. The summed E-state index contributed by atoms with van der Waals surface area (Å²) in [6.45, 7) is 6.15. The van der Waals surface area contributed by atoms with Crippen molar-refractivity contribution in [1.29, 1.82) is 0 Å². The lowest BCUT2D eigenvalue weighted by Crippen LogP contribution is -2.20. The number of hydrogen-bond acceptors (Lipinski definition) is 2. The van der Waals surface area contributed by atoms with Crippen molar-refractivity contribution in [3.63, 3.8) is 0 Å². The first-order valence-electron chi connectivity index (χ1n) is 5.57. The zero-order valence-corrected chi connectivity index (χ0v) is 11.3. The number of rotatable bonds is 8. The standard InChI is InChI=1S/C13H17BrFNO/c1-2-3-7-17-8-6-16-10-11-9-12(14)4-5-13(11)15/h2,4-5,9,16H,1,3,6-8,10H2. The monoisotopic (exact) mass is 301 g/mol. The SMILES string of the molecule is C=CCCOCCNCc1cc(Br)ccc1F. The Kier molecular flexibility index (Phi) is 7.08. The van der Waals surface area contributed by atoms with Crippen LogP contribution in [0.15, 0.2) is 35.3 Å². The zero-order valence-electron chi connectivity index (χ0n) is 9.72. The number of ether oxygens (including phenoxy) is 1. The fourth-order valence-electron chi connectivity index (χ4n) is 1.31. The van der Waals surface area contributed by atoms with Crippen molar-refractivity contribution in [2.24, 2.45) is 0 Å². The van der Waals surface area contributed by atoms with Crippen molar-refractivity contribution in [2.45, 2.75) is 13.0 Å². The van der Waals surface area contributed by atoms with Crippen LogP contribution in [0.3, 0.4) is 0 Å². The highest BCUT2D eigenvalue weighted by Gasteiger charge is 2.01. The van der Waals surface area contributed by atoms with Gasteiger partial charge < -0.3 is 10.1 Å². The Hall–Kier alpha value is -0.710. The van der Waals surface area contributed by atoms with Crippen LogP contribution in [0.25, 0.3) is 0 Å². The van der Waals surface area contributed by atoms with E-state index < -0.39 is 0 Å². The Morgan fingerprint density at radius 3 is 3.00 bits per heavy atom. The topological polar surface area (TPSA) is 21.3 Å². The average Bonchev–Trinajstić information content (AvgIpc) is 2.32. The minimum atomic E-state index is -0.187. The summed E-state index contributed by atoms with van der Waals surface area (Å²) < 4.78 is 19.6. The Labute approximate surface area is 110 Å². The van der Waals surface area contributed by atoms with E-state index in [0.29, 0.717) is 31.9 Å². The summed E-state index contributed by atoms with van der Waals surface area (Å²) >= 11 is 3.32. The van der Waals surface area contributed by atoms with Crippen LogP contribution in [-0.4, -0.2) is 19.8 Å². The third kappa shape index (κ3) is 5.96. The molecule has 0 unspecified atom stereocenters. The Morgan fingerprint density at radius 1 is 1.41 bits per heavy atom. The normalized spacial score (nSPS) is 10.5. The van der Waals surface area contributed by atoms with Gasteiger partial charge in [0.1, 0.15) is 5.82 Å². The van der Waals surface area contributed by atoms with E-state index in [-0.39, 0.29) is 5.82 Å². The maximum absolute atomic E-state index is 13.3. The molecule has 1 N–H and O–H groups in total. The molecular formula is C13H17BrFNO. The lowest BCUT2D eigenvalue weighted by Gasteiger charge is -2.07. The molecule has 1 aromatic carbocycles. The molecule has 0 aliphatic heterocycles. The van der Waals surface area contributed by atoms with Gasteiger partial charge in [-0.25, -0.2) is 4.39 Å². The Morgan fingerprint density at radius 2 is 2.24 bits per heavy atom. The van der Waals surface area contributed by atoms with E-state index in [0.717, 1.165) is 10.9 Å². The maximum Gasteiger partial charge on any atom is 0.127 e. The molecule has 0 saturated heterocycles. The van der Waals surface area contributed by atoms with Gasteiger partial charge in [0, 0.05) is 23.1 Å². The second-order valence-electron chi connectivity index (χ2n) is 3.60. The average molecular weight is 302 g/mol. The largest absolute Gasteiger partial charge is 0.380 e. The van der Waals surface area contributed by atoms with Gasteiger partial charge in [0.05, 0.1) is 13.2 Å². The fourth-order valence-corrected chi connectivity index (χ4v) is 1.72. The second kappa shape index (κ2) is 8.39. The third-order valence-electron chi connectivity index (χ3n) is 2.21.